The number of nitrogens with zero attached hydrogens (tertiary/aromatic N) is 4. The van der Waals surface area contributed by atoms with Crippen molar-refractivity contribution in [3.63, 3.8) is 0 Å². The molecule has 0 aliphatic heterocycles. The quantitative estimate of drug-likeness (QED) is 0.575. The number of aromatic amines is 1. The minimum atomic E-state index is -0.517. The zero-order chi connectivity index (χ0) is 18.1. The van der Waals surface area contributed by atoms with Crippen LogP contribution in [0.25, 0.3) is 16.5 Å². The molecule has 0 saturated heterocycles. The summed E-state index contributed by atoms with van der Waals surface area (Å²) in [4.78, 5) is 40.9. The number of thiazole rings is 1. The topological polar surface area (TPSA) is 105 Å². The highest BCUT2D eigenvalue weighted by atomic mass is 32.1. The summed E-state index contributed by atoms with van der Waals surface area (Å²) in [5, 5.41) is 4.71. The Morgan fingerprint density at radius 3 is 2.96 bits per heavy atom. The zero-order valence-electron chi connectivity index (χ0n) is 13.7. The molecule has 130 valence electrons. The van der Waals surface area contributed by atoms with E-state index in [0.29, 0.717) is 11.5 Å². The Balaban J connectivity index is 1.54. The van der Waals surface area contributed by atoms with Gasteiger partial charge in [0.2, 0.25) is 0 Å². The van der Waals surface area contributed by atoms with Crippen LogP contribution < -0.4 is 10.9 Å². The van der Waals surface area contributed by atoms with Gasteiger partial charge < -0.3 is 10.3 Å². The van der Waals surface area contributed by atoms with Gasteiger partial charge in [-0.15, -0.1) is 11.3 Å². The minimum absolute atomic E-state index is 0.0578. The summed E-state index contributed by atoms with van der Waals surface area (Å²) in [5.74, 6) is -0.190. The number of hydrogen-bond donors (Lipinski definition) is 2. The summed E-state index contributed by atoms with van der Waals surface area (Å²) in [7, 11) is 0. The van der Waals surface area contributed by atoms with Gasteiger partial charge >= 0.3 is 0 Å². The van der Waals surface area contributed by atoms with E-state index in [1.807, 2.05) is 29.1 Å². The molecule has 0 spiro atoms. The fourth-order valence-corrected chi connectivity index (χ4v) is 3.20. The number of rotatable bonds is 4. The monoisotopic (exact) mass is 366 g/mol. The van der Waals surface area contributed by atoms with Crippen LogP contribution in [0.4, 0.5) is 0 Å². The lowest BCUT2D eigenvalue weighted by molar-refractivity contribution is 0.0937. The Bertz CT molecular complexity index is 1100. The Morgan fingerprint density at radius 2 is 2.23 bits per heavy atom. The van der Waals surface area contributed by atoms with Crippen LogP contribution in [0.2, 0.25) is 0 Å². The summed E-state index contributed by atoms with van der Waals surface area (Å²) in [6, 6.07) is 4.94. The van der Waals surface area contributed by atoms with Gasteiger partial charge in [0.1, 0.15) is 11.3 Å². The maximum Gasteiger partial charge on any atom is 0.264 e. The molecule has 4 heterocycles. The van der Waals surface area contributed by atoms with Crippen molar-refractivity contribution >= 4 is 22.2 Å². The van der Waals surface area contributed by atoms with Crippen LogP contribution in [0.3, 0.4) is 0 Å². The second-order valence-corrected chi connectivity index (χ2v) is 6.52. The van der Waals surface area contributed by atoms with Crippen LogP contribution >= 0.6 is 11.3 Å². The number of hydrogen-bond acceptors (Lipinski definition) is 6. The minimum Gasteiger partial charge on any atom is -0.344 e. The highest BCUT2D eigenvalue weighted by molar-refractivity contribution is 7.15. The van der Waals surface area contributed by atoms with E-state index in [0.717, 1.165) is 10.7 Å². The molecular formula is C17H14N6O2S. The summed E-state index contributed by atoms with van der Waals surface area (Å²) < 4.78 is 1.89. The predicted octanol–water partition coefficient (Wildman–Crippen LogP) is 2.03. The summed E-state index contributed by atoms with van der Waals surface area (Å²) in [6.45, 7) is 1.81. The van der Waals surface area contributed by atoms with Crippen molar-refractivity contribution in [1.82, 2.24) is 29.7 Å². The van der Waals surface area contributed by atoms with Gasteiger partial charge in [0.25, 0.3) is 11.5 Å². The van der Waals surface area contributed by atoms with Gasteiger partial charge in [-0.2, -0.15) is 0 Å². The molecule has 0 fully saturated rings. The number of carbonyl (C=O) groups excluding carboxylic acids is 1. The van der Waals surface area contributed by atoms with Crippen LogP contribution in [-0.2, 0) is 0 Å². The number of imidazole rings is 1. The molecule has 2 N–H and O–H groups in total. The average Bonchev–Trinajstić information content (AvgIpc) is 3.24. The van der Waals surface area contributed by atoms with E-state index >= 15 is 0 Å². The van der Waals surface area contributed by atoms with E-state index < -0.39 is 11.5 Å². The standard InChI is InChI=1S/C17H14N6O2S/c1-10(13-9-23-6-7-26-17(23)21-13)20-15(24)11-8-19-14(22-16(11)25)12-4-2-3-5-18-12/h2-10H,1H3,(H,20,24)(H,19,22,25)/t10-/m1/s1. The van der Waals surface area contributed by atoms with Crippen molar-refractivity contribution in [1.29, 1.82) is 0 Å². The van der Waals surface area contributed by atoms with E-state index in [4.69, 9.17) is 0 Å². The Kier molecular flexibility index (Phi) is 4.05. The van der Waals surface area contributed by atoms with E-state index in [9.17, 15) is 9.59 Å². The fourth-order valence-electron chi connectivity index (χ4n) is 2.49. The molecule has 0 aromatic carbocycles. The molecule has 0 aliphatic carbocycles. The maximum atomic E-state index is 12.4. The molecular weight excluding hydrogens is 352 g/mol. The molecule has 4 aromatic rings. The van der Waals surface area contributed by atoms with Gasteiger partial charge in [0.15, 0.2) is 10.8 Å². The SMILES string of the molecule is C[C@@H](NC(=O)c1cnc(-c2ccccn2)[nH]c1=O)c1cn2ccsc2n1. The molecule has 26 heavy (non-hydrogen) atoms. The highest BCUT2D eigenvalue weighted by Crippen LogP contribution is 2.17. The first kappa shape index (κ1) is 16.2. The second kappa shape index (κ2) is 6.52. The third-order valence-corrected chi connectivity index (χ3v) is 4.63. The summed E-state index contributed by atoms with van der Waals surface area (Å²) >= 11 is 1.51. The molecule has 1 atom stereocenters. The van der Waals surface area contributed by atoms with Gasteiger partial charge in [0.05, 0.1) is 11.7 Å². The Labute approximate surface area is 151 Å². The van der Waals surface area contributed by atoms with Crippen molar-refractivity contribution < 1.29 is 4.79 Å². The van der Waals surface area contributed by atoms with Gasteiger partial charge in [-0.3, -0.25) is 19.0 Å². The van der Waals surface area contributed by atoms with Gasteiger partial charge in [-0.25, -0.2) is 9.97 Å². The molecule has 0 bridgehead atoms. The number of carbonyl (C=O) groups is 1. The molecule has 8 nitrogen and oxygen atoms in total. The first-order valence-electron chi connectivity index (χ1n) is 7.85. The summed E-state index contributed by atoms with van der Waals surface area (Å²) in [5.41, 5.74) is 0.677. The number of amides is 1. The molecule has 9 heteroatoms. The van der Waals surface area contributed by atoms with Crippen LogP contribution in [0.5, 0.6) is 0 Å². The molecule has 0 saturated carbocycles. The van der Waals surface area contributed by atoms with E-state index in [1.54, 1.807) is 24.4 Å². The third-order valence-electron chi connectivity index (χ3n) is 3.85. The molecule has 0 radical (unpaired) electrons. The molecule has 4 rings (SSSR count). The number of aromatic nitrogens is 5. The number of fused-ring (bicyclic) bond motifs is 1. The highest BCUT2D eigenvalue weighted by Gasteiger charge is 2.18. The van der Waals surface area contributed by atoms with Crippen molar-refractivity contribution in [3.8, 4) is 11.5 Å². The largest absolute Gasteiger partial charge is 0.344 e. The van der Waals surface area contributed by atoms with Crippen molar-refractivity contribution in [2.75, 3.05) is 0 Å². The number of H-pyrrole nitrogens is 1. The number of nitrogens with one attached hydrogen (secondary N) is 2. The fraction of sp³-hybridized carbons (Fsp3) is 0.118. The average molecular weight is 366 g/mol. The third kappa shape index (κ3) is 3.00. The lowest BCUT2D eigenvalue weighted by Gasteiger charge is -2.11. The molecule has 0 aliphatic rings. The first-order valence-corrected chi connectivity index (χ1v) is 8.73. The molecule has 1 amide bonds. The lowest BCUT2D eigenvalue weighted by atomic mass is 10.2. The van der Waals surface area contributed by atoms with Gasteiger partial charge in [-0.1, -0.05) is 6.07 Å². The zero-order valence-corrected chi connectivity index (χ0v) is 14.5. The first-order chi connectivity index (χ1) is 12.6. The normalized spacial score (nSPS) is 12.2. The van der Waals surface area contributed by atoms with E-state index in [2.05, 4.69) is 25.3 Å². The summed E-state index contributed by atoms with van der Waals surface area (Å²) in [6.07, 6.45) is 6.61. The van der Waals surface area contributed by atoms with E-state index in [1.165, 1.54) is 17.5 Å². The number of pyridine rings is 1. The van der Waals surface area contributed by atoms with Crippen molar-refractivity contribution in [2.24, 2.45) is 0 Å². The second-order valence-electron chi connectivity index (χ2n) is 5.64. The van der Waals surface area contributed by atoms with Gasteiger partial charge in [0, 0.05) is 30.2 Å². The predicted molar refractivity (Wildman–Crippen MR) is 97.0 cm³/mol. The van der Waals surface area contributed by atoms with Crippen molar-refractivity contribution in [3.05, 3.63) is 70.0 Å². The van der Waals surface area contributed by atoms with Crippen LogP contribution in [0.15, 0.2) is 53.2 Å². The molecule has 0 unspecified atom stereocenters. The van der Waals surface area contributed by atoms with Crippen LogP contribution in [0.1, 0.15) is 29.0 Å². The van der Waals surface area contributed by atoms with Crippen LogP contribution in [0, 0.1) is 0 Å². The van der Waals surface area contributed by atoms with Crippen molar-refractivity contribution in [2.45, 2.75) is 13.0 Å². The van der Waals surface area contributed by atoms with Crippen LogP contribution in [-0.4, -0.2) is 30.2 Å². The Hall–Kier alpha value is -3.33. The smallest absolute Gasteiger partial charge is 0.264 e. The van der Waals surface area contributed by atoms with Gasteiger partial charge in [-0.05, 0) is 19.1 Å². The van der Waals surface area contributed by atoms with E-state index in [-0.39, 0.29) is 11.6 Å². The lowest BCUT2D eigenvalue weighted by Crippen LogP contribution is -2.32. The maximum absolute atomic E-state index is 12.4. The Morgan fingerprint density at radius 1 is 1.35 bits per heavy atom. The molecule has 4 aromatic heterocycles.